The van der Waals surface area contributed by atoms with Crippen LogP contribution in [0.3, 0.4) is 0 Å². The minimum atomic E-state index is -0.0616. The quantitative estimate of drug-likeness (QED) is 0.919. The summed E-state index contributed by atoms with van der Waals surface area (Å²) in [6.07, 6.45) is 0.297. The molecule has 0 unspecified atom stereocenters. The van der Waals surface area contributed by atoms with Crippen LogP contribution in [-0.2, 0) is 11.2 Å². The first-order chi connectivity index (χ1) is 9.63. The molecule has 0 saturated heterocycles. The van der Waals surface area contributed by atoms with E-state index >= 15 is 0 Å². The Kier molecular flexibility index (Phi) is 4.89. The first kappa shape index (κ1) is 14.7. The Bertz CT molecular complexity index is 543. The average molecular weight is 294 g/mol. The maximum atomic E-state index is 12.0. The highest BCUT2D eigenvalue weighted by molar-refractivity contribution is 8.14. The van der Waals surface area contributed by atoms with Crippen molar-refractivity contribution in [1.82, 2.24) is 5.32 Å². The van der Waals surface area contributed by atoms with Crippen LogP contribution in [0.5, 0.6) is 11.5 Å². The highest BCUT2D eigenvalue weighted by atomic mass is 32.2. The molecular weight excluding hydrogens is 276 g/mol. The van der Waals surface area contributed by atoms with E-state index in [-0.39, 0.29) is 5.91 Å². The molecule has 1 heterocycles. The topological polar surface area (TPSA) is 59.9 Å². The minimum absolute atomic E-state index is 0.0616. The molecule has 0 saturated carbocycles. The Labute approximate surface area is 122 Å². The van der Waals surface area contributed by atoms with E-state index in [4.69, 9.17) is 9.47 Å². The Balaban J connectivity index is 2.10. The maximum Gasteiger partial charge on any atom is 0.230 e. The van der Waals surface area contributed by atoms with Gasteiger partial charge in [-0.15, -0.1) is 0 Å². The fourth-order valence-electron chi connectivity index (χ4n) is 1.96. The normalized spacial score (nSPS) is 13.8. The van der Waals surface area contributed by atoms with Crippen molar-refractivity contribution >= 4 is 22.8 Å². The summed E-state index contributed by atoms with van der Waals surface area (Å²) in [6, 6.07) is 3.72. The largest absolute Gasteiger partial charge is 0.493 e. The number of nitrogens with one attached hydrogen (secondary N) is 1. The van der Waals surface area contributed by atoms with Crippen molar-refractivity contribution in [3.8, 4) is 11.5 Å². The first-order valence-corrected chi connectivity index (χ1v) is 7.31. The Morgan fingerprint density at radius 1 is 1.35 bits per heavy atom. The van der Waals surface area contributed by atoms with Gasteiger partial charge >= 0.3 is 0 Å². The van der Waals surface area contributed by atoms with Gasteiger partial charge in [0.2, 0.25) is 5.91 Å². The summed E-state index contributed by atoms with van der Waals surface area (Å²) >= 11 is 1.57. The molecule has 1 amide bonds. The molecule has 108 valence electrons. The van der Waals surface area contributed by atoms with Gasteiger partial charge in [-0.2, -0.15) is 0 Å². The van der Waals surface area contributed by atoms with Crippen LogP contribution in [0.1, 0.15) is 11.1 Å². The summed E-state index contributed by atoms with van der Waals surface area (Å²) < 4.78 is 10.5. The van der Waals surface area contributed by atoms with Gasteiger partial charge in [-0.3, -0.25) is 9.79 Å². The summed E-state index contributed by atoms with van der Waals surface area (Å²) in [5, 5.41) is 3.54. The number of methoxy groups -OCH3 is 2. The van der Waals surface area contributed by atoms with E-state index in [2.05, 4.69) is 10.3 Å². The molecule has 1 aliphatic heterocycles. The number of amidine groups is 1. The van der Waals surface area contributed by atoms with Gasteiger partial charge in [0.05, 0.1) is 27.2 Å². The summed E-state index contributed by atoms with van der Waals surface area (Å²) in [5.74, 6) is 2.18. The molecule has 1 aromatic rings. The van der Waals surface area contributed by atoms with Gasteiger partial charge in [0, 0.05) is 5.75 Å². The summed E-state index contributed by atoms with van der Waals surface area (Å²) in [5.41, 5.74) is 1.92. The smallest absolute Gasteiger partial charge is 0.230 e. The molecule has 1 aliphatic rings. The summed E-state index contributed by atoms with van der Waals surface area (Å²) in [7, 11) is 3.18. The zero-order valence-electron chi connectivity index (χ0n) is 11.9. The molecule has 6 heteroatoms. The van der Waals surface area contributed by atoms with Gasteiger partial charge in [-0.1, -0.05) is 11.8 Å². The van der Waals surface area contributed by atoms with E-state index in [1.54, 1.807) is 26.0 Å². The second-order valence-corrected chi connectivity index (χ2v) is 5.48. The van der Waals surface area contributed by atoms with Crippen LogP contribution in [0.2, 0.25) is 0 Å². The van der Waals surface area contributed by atoms with Gasteiger partial charge in [0.15, 0.2) is 16.7 Å². The van der Waals surface area contributed by atoms with E-state index in [1.165, 1.54) is 0 Å². The molecule has 0 spiro atoms. The van der Waals surface area contributed by atoms with Crippen molar-refractivity contribution in [3.05, 3.63) is 23.3 Å². The lowest BCUT2D eigenvalue weighted by Gasteiger charge is -2.12. The number of carbonyl (C=O) groups is 1. The number of hydrogen-bond donors (Lipinski definition) is 1. The van der Waals surface area contributed by atoms with Crippen LogP contribution in [0.4, 0.5) is 0 Å². The molecule has 1 N–H and O–H groups in total. The van der Waals surface area contributed by atoms with Gasteiger partial charge in [0.25, 0.3) is 0 Å². The second kappa shape index (κ2) is 6.65. The fourth-order valence-corrected chi connectivity index (χ4v) is 2.70. The van der Waals surface area contributed by atoms with Crippen molar-refractivity contribution in [3.63, 3.8) is 0 Å². The highest BCUT2D eigenvalue weighted by Gasteiger charge is 2.14. The summed E-state index contributed by atoms with van der Waals surface area (Å²) in [6.45, 7) is 2.72. The second-order valence-electron chi connectivity index (χ2n) is 4.39. The molecule has 0 bridgehead atoms. The summed E-state index contributed by atoms with van der Waals surface area (Å²) in [4.78, 5) is 16.2. The van der Waals surface area contributed by atoms with Crippen LogP contribution in [0.25, 0.3) is 0 Å². The zero-order valence-corrected chi connectivity index (χ0v) is 12.7. The fraction of sp³-hybridized carbons (Fsp3) is 0.429. The number of benzene rings is 1. The van der Waals surface area contributed by atoms with Crippen LogP contribution in [0.15, 0.2) is 17.1 Å². The molecule has 1 aromatic carbocycles. The van der Waals surface area contributed by atoms with Gasteiger partial charge < -0.3 is 14.8 Å². The lowest BCUT2D eigenvalue weighted by molar-refractivity contribution is -0.119. The third kappa shape index (κ3) is 3.45. The molecule has 20 heavy (non-hydrogen) atoms. The molecule has 0 aliphatic carbocycles. The van der Waals surface area contributed by atoms with Gasteiger partial charge in [0.1, 0.15) is 0 Å². The third-order valence-electron chi connectivity index (χ3n) is 3.02. The molecule has 2 rings (SSSR count). The zero-order chi connectivity index (χ0) is 14.5. The van der Waals surface area contributed by atoms with E-state index in [1.807, 2.05) is 19.1 Å². The van der Waals surface area contributed by atoms with Crippen molar-refractivity contribution in [2.75, 3.05) is 26.5 Å². The minimum Gasteiger partial charge on any atom is -0.493 e. The number of aryl methyl sites for hydroxylation is 1. The molecule has 0 radical (unpaired) electrons. The average Bonchev–Trinajstić information content (AvgIpc) is 2.93. The highest BCUT2D eigenvalue weighted by Crippen LogP contribution is 2.30. The van der Waals surface area contributed by atoms with Crippen molar-refractivity contribution in [2.45, 2.75) is 13.3 Å². The predicted molar refractivity (Wildman–Crippen MR) is 80.9 cm³/mol. The number of hydrogen-bond acceptors (Lipinski definition) is 5. The number of carbonyl (C=O) groups excluding carboxylic acids is 1. The number of aliphatic imine (C=N–C) groups is 1. The van der Waals surface area contributed by atoms with Crippen molar-refractivity contribution in [1.29, 1.82) is 0 Å². The molecular formula is C14H18N2O3S. The monoisotopic (exact) mass is 294 g/mol. The molecule has 0 fully saturated rings. The standard InChI is InChI=1S/C14H18N2O3S/c1-9-6-11(18-2)12(19-3)7-10(9)8-13(17)16-14-15-4-5-20-14/h6-7H,4-5,8H2,1-3H3,(H,15,16,17). The van der Waals surface area contributed by atoms with E-state index in [0.29, 0.717) is 23.1 Å². The lowest BCUT2D eigenvalue weighted by atomic mass is 10.0. The van der Waals surface area contributed by atoms with Gasteiger partial charge in [-0.05, 0) is 30.2 Å². The van der Waals surface area contributed by atoms with E-state index < -0.39 is 0 Å². The Morgan fingerprint density at radius 2 is 2.05 bits per heavy atom. The number of ether oxygens (including phenoxy) is 2. The molecule has 0 aromatic heterocycles. The van der Waals surface area contributed by atoms with E-state index in [0.717, 1.165) is 23.4 Å². The molecule has 5 nitrogen and oxygen atoms in total. The van der Waals surface area contributed by atoms with Crippen molar-refractivity contribution in [2.24, 2.45) is 4.99 Å². The van der Waals surface area contributed by atoms with Crippen LogP contribution < -0.4 is 14.8 Å². The first-order valence-electron chi connectivity index (χ1n) is 6.32. The van der Waals surface area contributed by atoms with Crippen LogP contribution in [-0.4, -0.2) is 37.6 Å². The SMILES string of the molecule is COc1cc(C)c(CC(=O)NC2=NCCS2)cc1OC. The van der Waals surface area contributed by atoms with Crippen molar-refractivity contribution < 1.29 is 14.3 Å². The Hall–Kier alpha value is -1.69. The molecule has 0 atom stereocenters. The van der Waals surface area contributed by atoms with E-state index in [9.17, 15) is 4.79 Å². The number of nitrogens with zero attached hydrogens (tertiary/aromatic N) is 1. The predicted octanol–water partition coefficient (Wildman–Crippen LogP) is 1.77. The number of amides is 1. The lowest BCUT2D eigenvalue weighted by Crippen LogP contribution is -2.29. The van der Waals surface area contributed by atoms with Crippen LogP contribution in [0, 0.1) is 6.92 Å². The number of rotatable bonds is 4. The van der Waals surface area contributed by atoms with Gasteiger partial charge in [-0.25, -0.2) is 0 Å². The Morgan fingerprint density at radius 3 is 2.65 bits per heavy atom. The third-order valence-corrected chi connectivity index (χ3v) is 3.92. The maximum absolute atomic E-state index is 12.0. The van der Waals surface area contributed by atoms with Crippen LogP contribution >= 0.6 is 11.8 Å². The number of thioether (sulfide) groups is 1.